The van der Waals surface area contributed by atoms with Crippen LogP contribution in [0.3, 0.4) is 0 Å². The van der Waals surface area contributed by atoms with Crippen LogP contribution in [0.4, 0.5) is 17.1 Å². The number of benzene rings is 2. The predicted octanol–water partition coefficient (Wildman–Crippen LogP) is 3.32. The molecule has 0 aromatic heterocycles. The zero-order chi connectivity index (χ0) is 15.6. The van der Waals surface area contributed by atoms with Gasteiger partial charge >= 0.3 is 0 Å². The third-order valence-corrected chi connectivity index (χ3v) is 3.67. The first-order valence-corrected chi connectivity index (χ1v) is 7.17. The number of rotatable bonds is 4. The monoisotopic (exact) mass is 285 g/mol. The van der Waals surface area contributed by atoms with E-state index >= 15 is 0 Å². The number of hydrogen-bond acceptors (Lipinski definition) is 3. The fraction of sp³-hybridized carbons (Fsp3) is 0.353. The zero-order valence-corrected chi connectivity index (χ0v) is 13.4. The fourth-order valence-electron chi connectivity index (χ4n) is 2.53. The topological polar surface area (TPSA) is 35.6 Å². The first-order valence-electron chi connectivity index (χ1n) is 7.17. The Bertz CT molecular complexity index is 664. The highest BCUT2D eigenvalue weighted by Crippen LogP contribution is 2.38. The number of carbonyl (C=O) groups excluding carboxylic acids is 1. The van der Waals surface area contributed by atoms with Crippen LogP contribution >= 0.6 is 0 Å². The highest BCUT2D eigenvalue weighted by molar-refractivity contribution is 6.11. The van der Waals surface area contributed by atoms with E-state index in [0.717, 1.165) is 28.7 Å². The molecular weight excluding hydrogens is 262 g/mol. The molecule has 112 valence electrons. The van der Waals surface area contributed by atoms with Gasteiger partial charge in [-0.3, -0.25) is 4.79 Å². The van der Waals surface area contributed by atoms with E-state index in [1.807, 2.05) is 26.2 Å². The van der Waals surface area contributed by atoms with Gasteiger partial charge in [0.15, 0.2) is 0 Å². The van der Waals surface area contributed by atoms with Crippen LogP contribution in [-0.4, -0.2) is 33.6 Å². The van der Waals surface area contributed by atoms with Crippen LogP contribution in [0.2, 0.25) is 0 Å². The molecule has 0 fully saturated rings. The van der Waals surface area contributed by atoms with E-state index in [0.29, 0.717) is 0 Å². The lowest BCUT2D eigenvalue weighted by molar-refractivity contribution is -0.114. The van der Waals surface area contributed by atoms with Crippen molar-refractivity contribution in [2.24, 2.45) is 0 Å². The minimum Gasteiger partial charge on any atom is -0.377 e. The van der Waals surface area contributed by atoms with Crippen molar-refractivity contribution in [1.29, 1.82) is 0 Å². The van der Waals surface area contributed by atoms with Crippen LogP contribution in [0, 0.1) is 0 Å². The molecular formula is C17H23N3O. The van der Waals surface area contributed by atoms with E-state index in [1.165, 1.54) is 12.6 Å². The van der Waals surface area contributed by atoms with Gasteiger partial charge in [0.2, 0.25) is 5.91 Å². The molecule has 0 saturated heterocycles. The molecule has 0 radical (unpaired) electrons. The molecule has 2 aromatic rings. The Kier molecular flexibility index (Phi) is 4.36. The Labute approximate surface area is 126 Å². The Balaban J connectivity index is 2.78. The Morgan fingerprint density at radius 1 is 1.10 bits per heavy atom. The molecule has 0 bridgehead atoms. The molecule has 1 amide bonds. The molecule has 1 N–H and O–H groups in total. The number of carbonyl (C=O) groups is 1. The molecule has 21 heavy (non-hydrogen) atoms. The molecule has 2 aromatic carbocycles. The highest BCUT2D eigenvalue weighted by atomic mass is 16.1. The number of hydrogen-bond donors (Lipinski definition) is 1. The standard InChI is InChI=1S/C17H23N3O/c1-6-20(5)16-9-7-8-13-14(18-12(2)21)10-11-15(17(13)16)19(3)4/h7-11H,6H2,1-5H3,(H,18,21). The number of nitrogens with one attached hydrogen (secondary N) is 1. The molecule has 0 aliphatic carbocycles. The summed E-state index contributed by atoms with van der Waals surface area (Å²) in [5.41, 5.74) is 3.18. The quantitative estimate of drug-likeness (QED) is 0.936. The minimum atomic E-state index is -0.0526. The average Bonchev–Trinajstić information content (AvgIpc) is 2.45. The van der Waals surface area contributed by atoms with Gasteiger partial charge in [0.1, 0.15) is 0 Å². The molecule has 2 rings (SSSR count). The Hall–Kier alpha value is -2.23. The lowest BCUT2D eigenvalue weighted by atomic mass is 10.0. The van der Waals surface area contributed by atoms with Crippen molar-refractivity contribution in [3.8, 4) is 0 Å². The van der Waals surface area contributed by atoms with Gasteiger partial charge < -0.3 is 15.1 Å². The summed E-state index contributed by atoms with van der Waals surface area (Å²) in [5.74, 6) is -0.0526. The average molecular weight is 285 g/mol. The maximum atomic E-state index is 11.4. The molecule has 0 atom stereocenters. The van der Waals surface area contributed by atoms with Gasteiger partial charge in [-0.05, 0) is 25.1 Å². The molecule has 0 unspecified atom stereocenters. The van der Waals surface area contributed by atoms with E-state index in [4.69, 9.17) is 0 Å². The van der Waals surface area contributed by atoms with Gasteiger partial charge in [-0.2, -0.15) is 0 Å². The van der Waals surface area contributed by atoms with Crippen molar-refractivity contribution in [1.82, 2.24) is 0 Å². The van der Waals surface area contributed by atoms with Crippen molar-refractivity contribution in [3.05, 3.63) is 30.3 Å². The van der Waals surface area contributed by atoms with E-state index in [9.17, 15) is 4.79 Å². The van der Waals surface area contributed by atoms with Gasteiger partial charge in [0.25, 0.3) is 0 Å². The summed E-state index contributed by atoms with van der Waals surface area (Å²) in [5, 5.41) is 5.15. The van der Waals surface area contributed by atoms with Crippen molar-refractivity contribution in [2.45, 2.75) is 13.8 Å². The molecule has 4 heteroatoms. The molecule has 4 nitrogen and oxygen atoms in total. The summed E-state index contributed by atoms with van der Waals surface area (Å²) in [6.45, 7) is 4.59. The van der Waals surface area contributed by atoms with E-state index < -0.39 is 0 Å². The number of amides is 1. The number of fused-ring (bicyclic) bond motifs is 1. The first-order chi connectivity index (χ1) is 9.95. The van der Waals surface area contributed by atoms with Crippen LogP contribution in [0.5, 0.6) is 0 Å². The largest absolute Gasteiger partial charge is 0.377 e. The second kappa shape index (κ2) is 6.04. The smallest absolute Gasteiger partial charge is 0.221 e. The number of nitrogens with zero attached hydrogens (tertiary/aromatic N) is 2. The van der Waals surface area contributed by atoms with Crippen LogP contribution in [0.25, 0.3) is 10.8 Å². The normalized spacial score (nSPS) is 10.5. The lowest BCUT2D eigenvalue weighted by Crippen LogP contribution is -2.18. The van der Waals surface area contributed by atoms with Gasteiger partial charge in [-0.15, -0.1) is 0 Å². The van der Waals surface area contributed by atoms with Crippen LogP contribution in [-0.2, 0) is 4.79 Å². The van der Waals surface area contributed by atoms with Crippen LogP contribution in [0.1, 0.15) is 13.8 Å². The molecule has 0 spiro atoms. The van der Waals surface area contributed by atoms with Gasteiger partial charge in [-0.25, -0.2) is 0 Å². The maximum Gasteiger partial charge on any atom is 0.221 e. The molecule has 0 aliphatic heterocycles. The predicted molar refractivity (Wildman–Crippen MR) is 91.5 cm³/mol. The lowest BCUT2D eigenvalue weighted by Gasteiger charge is -2.24. The van der Waals surface area contributed by atoms with Crippen LogP contribution < -0.4 is 15.1 Å². The fourth-order valence-corrected chi connectivity index (χ4v) is 2.53. The second-order valence-corrected chi connectivity index (χ2v) is 5.42. The third kappa shape index (κ3) is 2.94. The summed E-state index contributed by atoms with van der Waals surface area (Å²) in [6, 6.07) is 10.2. The van der Waals surface area contributed by atoms with Crippen molar-refractivity contribution >= 4 is 33.7 Å². The van der Waals surface area contributed by atoms with Crippen molar-refractivity contribution in [2.75, 3.05) is 42.8 Å². The summed E-state index contributed by atoms with van der Waals surface area (Å²) >= 11 is 0. The van der Waals surface area contributed by atoms with E-state index in [2.05, 4.69) is 47.3 Å². The van der Waals surface area contributed by atoms with Crippen molar-refractivity contribution in [3.63, 3.8) is 0 Å². The summed E-state index contributed by atoms with van der Waals surface area (Å²) in [4.78, 5) is 15.7. The summed E-state index contributed by atoms with van der Waals surface area (Å²) < 4.78 is 0. The van der Waals surface area contributed by atoms with E-state index in [-0.39, 0.29) is 5.91 Å². The van der Waals surface area contributed by atoms with Crippen molar-refractivity contribution < 1.29 is 4.79 Å². The maximum absolute atomic E-state index is 11.4. The molecule has 0 heterocycles. The van der Waals surface area contributed by atoms with Gasteiger partial charge in [0, 0.05) is 62.4 Å². The first kappa shape index (κ1) is 15.2. The minimum absolute atomic E-state index is 0.0526. The highest BCUT2D eigenvalue weighted by Gasteiger charge is 2.14. The van der Waals surface area contributed by atoms with Gasteiger partial charge in [0.05, 0.1) is 0 Å². The zero-order valence-electron chi connectivity index (χ0n) is 13.4. The summed E-state index contributed by atoms with van der Waals surface area (Å²) in [6.07, 6.45) is 0. The van der Waals surface area contributed by atoms with Gasteiger partial charge in [-0.1, -0.05) is 12.1 Å². The van der Waals surface area contributed by atoms with E-state index in [1.54, 1.807) is 0 Å². The third-order valence-electron chi connectivity index (χ3n) is 3.67. The second-order valence-electron chi connectivity index (χ2n) is 5.42. The SMILES string of the molecule is CCN(C)c1cccc2c(NC(C)=O)ccc(N(C)C)c12. The number of anilines is 3. The Morgan fingerprint density at radius 2 is 1.81 bits per heavy atom. The van der Waals surface area contributed by atoms with Crippen LogP contribution in [0.15, 0.2) is 30.3 Å². The molecule has 0 aliphatic rings. The Morgan fingerprint density at radius 3 is 2.38 bits per heavy atom. The summed E-state index contributed by atoms with van der Waals surface area (Å²) in [7, 11) is 6.16. The molecule has 0 saturated carbocycles.